The van der Waals surface area contributed by atoms with Gasteiger partial charge in [-0.1, -0.05) is 43.2 Å². The summed E-state index contributed by atoms with van der Waals surface area (Å²) in [6, 6.07) is 8.78. The van der Waals surface area contributed by atoms with Crippen LogP contribution in [0.15, 0.2) is 41.7 Å². The third-order valence-corrected chi connectivity index (χ3v) is 4.56. The minimum absolute atomic E-state index is 0.233. The quantitative estimate of drug-likeness (QED) is 0.405. The molecule has 0 saturated heterocycles. The predicted molar refractivity (Wildman–Crippen MR) is 113 cm³/mol. The van der Waals surface area contributed by atoms with Crippen LogP contribution in [0.3, 0.4) is 0 Å². The number of hydrogen-bond donors (Lipinski definition) is 2. The Balaban J connectivity index is 2.03. The van der Waals surface area contributed by atoms with E-state index in [0.717, 1.165) is 31.9 Å². The van der Waals surface area contributed by atoms with E-state index in [2.05, 4.69) is 79.0 Å². The predicted octanol–water partition coefficient (Wildman–Crippen LogP) is 2.87. The van der Waals surface area contributed by atoms with Gasteiger partial charge in [-0.15, -0.1) is 0 Å². The van der Waals surface area contributed by atoms with Crippen LogP contribution in [0.25, 0.3) is 0 Å². The van der Waals surface area contributed by atoms with Crippen LogP contribution in [0.4, 0.5) is 0 Å². The molecule has 1 atom stereocenters. The summed E-state index contributed by atoms with van der Waals surface area (Å²) in [5.74, 6) is 0.861. The van der Waals surface area contributed by atoms with Crippen molar-refractivity contribution in [3.8, 4) is 0 Å². The van der Waals surface area contributed by atoms with E-state index in [1.165, 1.54) is 16.7 Å². The molecule has 148 valence electrons. The van der Waals surface area contributed by atoms with E-state index >= 15 is 0 Å². The van der Waals surface area contributed by atoms with Gasteiger partial charge in [-0.05, 0) is 33.0 Å². The number of aromatic nitrogens is 2. The molecule has 0 aliphatic heterocycles. The first kappa shape index (κ1) is 21.0. The van der Waals surface area contributed by atoms with E-state index in [9.17, 15) is 0 Å². The van der Waals surface area contributed by atoms with Gasteiger partial charge in [-0.2, -0.15) is 5.10 Å². The van der Waals surface area contributed by atoms with Crippen LogP contribution in [0, 0.1) is 6.92 Å². The van der Waals surface area contributed by atoms with Gasteiger partial charge < -0.3 is 15.5 Å². The molecule has 2 rings (SSSR count). The molecule has 1 unspecified atom stereocenters. The van der Waals surface area contributed by atoms with Crippen molar-refractivity contribution in [1.82, 2.24) is 25.3 Å². The molecule has 0 radical (unpaired) electrons. The highest BCUT2D eigenvalue weighted by atomic mass is 15.3. The number of guanidine groups is 1. The monoisotopic (exact) mass is 370 g/mol. The Hall–Kier alpha value is -2.34. The van der Waals surface area contributed by atoms with Gasteiger partial charge in [0.05, 0.1) is 18.8 Å². The number of likely N-dealkylation sites (N-methyl/N-ethyl adjacent to an activating group) is 1. The zero-order valence-electron chi connectivity index (χ0n) is 17.4. The van der Waals surface area contributed by atoms with Crippen molar-refractivity contribution >= 4 is 5.96 Å². The first-order valence-corrected chi connectivity index (χ1v) is 9.72. The van der Waals surface area contributed by atoms with Gasteiger partial charge in [0, 0.05) is 31.9 Å². The zero-order chi connectivity index (χ0) is 19.6. The minimum atomic E-state index is 0.233. The lowest BCUT2D eigenvalue weighted by atomic mass is 10.1. The van der Waals surface area contributed by atoms with Crippen molar-refractivity contribution in [3.63, 3.8) is 0 Å². The Kier molecular flexibility index (Phi) is 8.33. The molecule has 1 aromatic heterocycles. The van der Waals surface area contributed by atoms with E-state index in [1.54, 1.807) is 0 Å². The topological polar surface area (TPSA) is 57.5 Å². The van der Waals surface area contributed by atoms with Gasteiger partial charge in [0.1, 0.15) is 0 Å². The van der Waals surface area contributed by atoms with Gasteiger partial charge >= 0.3 is 0 Å². The van der Waals surface area contributed by atoms with E-state index in [0.29, 0.717) is 6.54 Å². The summed E-state index contributed by atoms with van der Waals surface area (Å²) in [5, 5.41) is 11.3. The van der Waals surface area contributed by atoms with Crippen molar-refractivity contribution in [2.75, 3.05) is 27.2 Å². The van der Waals surface area contributed by atoms with Crippen LogP contribution in [0.1, 0.15) is 42.5 Å². The van der Waals surface area contributed by atoms with Crippen LogP contribution in [0.5, 0.6) is 0 Å². The molecule has 0 aliphatic rings. The number of rotatable bonds is 9. The first-order chi connectivity index (χ1) is 13.0. The number of unbranched alkanes of at least 4 members (excludes halogenated alkanes) is 1. The fourth-order valence-electron chi connectivity index (χ4n) is 2.83. The lowest BCUT2D eigenvalue weighted by Crippen LogP contribution is -2.42. The highest BCUT2D eigenvalue weighted by molar-refractivity contribution is 5.79. The zero-order valence-corrected chi connectivity index (χ0v) is 17.4. The van der Waals surface area contributed by atoms with Crippen molar-refractivity contribution in [3.05, 3.63) is 53.3 Å². The molecule has 2 N–H and O–H groups in total. The van der Waals surface area contributed by atoms with Crippen LogP contribution >= 0.6 is 0 Å². The van der Waals surface area contributed by atoms with Gasteiger partial charge in [0.15, 0.2) is 5.96 Å². The molecule has 1 aromatic carbocycles. The second kappa shape index (κ2) is 10.7. The molecule has 0 fully saturated rings. The molecular formula is C21H34N6. The molecule has 0 bridgehead atoms. The maximum Gasteiger partial charge on any atom is 0.191 e. The molecule has 0 aliphatic carbocycles. The van der Waals surface area contributed by atoms with Crippen molar-refractivity contribution in [2.45, 2.75) is 39.3 Å². The van der Waals surface area contributed by atoms with Crippen molar-refractivity contribution in [1.29, 1.82) is 0 Å². The van der Waals surface area contributed by atoms with Crippen LogP contribution in [-0.2, 0) is 13.6 Å². The number of benzene rings is 1. The maximum absolute atomic E-state index is 4.78. The summed E-state index contributed by atoms with van der Waals surface area (Å²) in [6.07, 6.45) is 6.29. The third-order valence-electron chi connectivity index (χ3n) is 4.56. The van der Waals surface area contributed by atoms with Crippen molar-refractivity contribution in [2.24, 2.45) is 12.0 Å². The fraction of sp³-hybridized carbons (Fsp3) is 0.524. The fourth-order valence-corrected chi connectivity index (χ4v) is 2.83. The number of hydrogen-bond acceptors (Lipinski definition) is 3. The Morgan fingerprint density at radius 1 is 1.22 bits per heavy atom. The van der Waals surface area contributed by atoms with E-state index in [4.69, 9.17) is 4.99 Å². The Labute approximate surface area is 163 Å². The van der Waals surface area contributed by atoms with Gasteiger partial charge in [0.25, 0.3) is 0 Å². The average Bonchev–Trinajstić information content (AvgIpc) is 3.06. The van der Waals surface area contributed by atoms with Gasteiger partial charge in [0.2, 0.25) is 0 Å². The van der Waals surface area contributed by atoms with E-state index < -0.39 is 0 Å². The normalized spacial score (nSPS) is 13.0. The summed E-state index contributed by atoms with van der Waals surface area (Å²) in [5.41, 5.74) is 3.68. The Bertz CT molecular complexity index is 702. The molecule has 2 aromatic rings. The molecule has 6 heteroatoms. The maximum atomic E-state index is 4.78. The van der Waals surface area contributed by atoms with Gasteiger partial charge in [-0.3, -0.25) is 4.68 Å². The highest BCUT2D eigenvalue weighted by Gasteiger charge is 2.16. The van der Waals surface area contributed by atoms with Crippen molar-refractivity contribution < 1.29 is 0 Å². The van der Waals surface area contributed by atoms with Crippen LogP contribution in [0.2, 0.25) is 0 Å². The third kappa shape index (κ3) is 7.06. The lowest BCUT2D eigenvalue weighted by Gasteiger charge is -2.24. The van der Waals surface area contributed by atoms with Gasteiger partial charge in [-0.25, -0.2) is 4.99 Å². The molecule has 0 amide bonds. The second-order valence-electron chi connectivity index (χ2n) is 7.24. The first-order valence-electron chi connectivity index (χ1n) is 9.72. The van der Waals surface area contributed by atoms with Crippen LogP contribution in [-0.4, -0.2) is 47.8 Å². The Morgan fingerprint density at radius 3 is 2.56 bits per heavy atom. The molecule has 27 heavy (non-hydrogen) atoms. The minimum Gasteiger partial charge on any atom is -0.356 e. The largest absolute Gasteiger partial charge is 0.356 e. The summed E-state index contributed by atoms with van der Waals surface area (Å²) >= 11 is 0. The summed E-state index contributed by atoms with van der Waals surface area (Å²) in [7, 11) is 6.13. The van der Waals surface area contributed by atoms with Crippen LogP contribution < -0.4 is 10.6 Å². The van der Waals surface area contributed by atoms with E-state index in [-0.39, 0.29) is 6.04 Å². The highest BCUT2D eigenvalue weighted by Crippen LogP contribution is 2.16. The number of nitrogens with zero attached hydrogens (tertiary/aromatic N) is 4. The number of aryl methyl sites for hydroxylation is 2. The second-order valence-corrected chi connectivity index (χ2v) is 7.24. The summed E-state index contributed by atoms with van der Waals surface area (Å²) in [4.78, 5) is 6.98. The average molecular weight is 371 g/mol. The standard InChI is InChI=1S/C21H34N6/c1-6-7-12-22-21(23-13-18-10-8-17(2)9-11-18)24-15-20(26(3)4)19-14-25-27(5)16-19/h8-11,14,16,20H,6-7,12-13,15H2,1-5H3,(H2,22,23,24). The Morgan fingerprint density at radius 2 is 1.96 bits per heavy atom. The molecule has 0 saturated carbocycles. The molecule has 6 nitrogen and oxygen atoms in total. The molecule has 1 heterocycles. The SMILES string of the molecule is CCCCNC(=NCc1ccc(C)cc1)NCC(c1cnn(C)c1)N(C)C. The van der Waals surface area contributed by atoms with E-state index in [1.807, 2.05) is 17.9 Å². The smallest absolute Gasteiger partial charge is 0.191 e. The number of aliphatic imine (C=N–C) groups is 1. The summed E-state index contributed by atoms with van der Waals surface area (Å²) in [6.45, 7) is 6.66. The molecular weight excluding hydrogens is 336 g/mol. The number of nitrogens with one attached hydrogen (secondary N) is 2. The summed E-state index contributed by atoms with van der Waals surface area (Å²) < 4.78 is 1.84. The lowest BCUT2D eigenvalue weighted by molar-refractivity contribution is 0.298. The molecule has 0 spiro atoms.